The zero-order chi connectivity index (χ0) is 9.36. The van der Waals surface area contributed by atoms with Crippen LogP contribution in [0.5, 0.6) is 0 Å². The first-order valence-corrected chi connectivity index (χ1v) is 23.8. The van der Waals surface area contributed by atoms with Gasteiger partial charge in [-0.2, -0.15) is 0 Å². The fourth-order valence-electron chi connectivity index (χ4n) is 0.618. The summed E-state index contributed by atoms with van der Waals surface area (Å²) in [7, 11) is 0.482. The Balaban J connectivity index is 4.64. The zero-order valence-electron chi connectivity index (χ0n) is 9.01. The van der Waals surface area contributed by atoms with Gasteiger partial charge in [-0.1, -0.05) is 0 Å². The van der Waals surface area contributed by atoms with Crippen molar-refractivity contribution in [1.82, 2.24) is 0 Å². The molecule has 11 heavy (non-hydrogen) atoms. The van der Waals surface area contributed by atoms with Crippen LogP contribution in [0.15, 0.2) is 0 Å². The molecular weight excluding hydrogens is 278 g/mol. The van der Waals surface area contributed by atoms with Gasteiger partial charge in [0.1, 0.15) is 0 Å². The molecule has 0 aliphatic carbocycles. The molecule has 0 amide bonds. The first kappa shape index (κ1) is 12.5. The van der Waals surface area contributed by atoms with Crippen LogP contribution >= 0.6 is 10.0 Å². The summed E-state index contributed by atoms with van der Waals surface area (Å²) in [5, 5.41) is 0. The van der Waals surface area contributed by atoms with Gasteiger partial charge in [-0.25, -0.2) is 0 Å². The van der Waals surface area contributed by atoms with Crippen molar-refractivity contribution in [2.45, 2.75) is 41.2 Å². The predicted octanol–water partition coefficient (Wildman–Crippen LogP) is 3.95. The van der Waals surface area contributed by atoms with Crippen molar-refractivity contribution in [3.05, 3.63) is 0 Å². The van der Waals surface area contributed by atoms with E-state index in [9.17, 15) is 0 Å². The Labute approximate surface area is 77.3 Å². The summed E-state index contributed by atoms with van der Waals surface area (Å²) in [5.41, 5.74) is 15.5. The SMILES string of the molecule is CCS[As](C)(C)(C)[As](C)(C)C. The van der Waals surface area contributed by atoms with E-state index in [0.717, 1.165) is 0 Å². The molecule has 0 aliphatic rings. The summed E-state index contributed by atoms with van der Waals surface area (Å²) in [4.78, 5) is 0. The summed E-state index contributed by atoms with van der Waals surface area (Å²) < 4.78 is 0. The molecule has 0 saturated heterocycles. The molecule has 0 N–H and O–H groups in total. The maximum absolute atomic E-state index is 2.60. The third-order valence-electron chi connectivity index (χ3n) is 2.62. The molecule has 0 aliphatic heterocycles. The Hall–Kier alpha value is 1.47. The molecule has 1 radical (unpaired) electrons. The van der Waals surface area contributed by atoms with E-state index in [1.807, 2.05) is 0 Å². The van der Waals surface area contributed by atoms with E-state index in [0.29, 0.717) is 0 Å². The second-order valence-electron chi connectivity index (χ2n) is 4.93. The van der Waals surface area contributed by atoms with Crippen molar-refractivity contribution in [1.29, 1.82) is 0 Å². The number of rotatable bonds is 3. The Kier molecular flexibility index (Phi) is 3.76. The molecule has 0 fully saturated rings. The quantitative estimate of drug-likeness (QED) is 0.711. The third-order valence-corrected chi connectivity index (χ3v) is 81.2. The van der Waals surface area contributed by atoms with Gasteiger partial charge in [0, 0.05) is 0 Å². The van der Waals surface area contributed by atoms with E-state index < -0.39 is 20.7 Å². The minimum atomic E-state index is -1.82. The van der Waals surface area contributed by atoms with E-state index in [2.05, 4.69) is 51.2 Å². The van der Waals surface area contributed by atoms with Crippen molar-refractivity contribution in [2.24, 2.45) is 0 Å². The van der Waals surface area contributed by atoms with E-state index in [1.54, 1.807) is 0 Å². The normalized spacial score (nSPS) is 17.5. The van der Waals surface area contributed by atoms with Crippen LogP contribution in [0.4, 0.5) is 0 Å². The Morgan fingerprint density at radius 3 is 1.55 bits per heavy atom. The molecule has 0 spiro atoms. The zero-order valence-corrected chi connectivity index (χ0v) is 13.6. The van der Waals surface area contributed by atoms with Gasteiger partial charge in [-0.05, 0) is 0 Å². The van der Waals surface area contributed by atoms with Crippen LogP contribution in [0.25, 0.3) is 0 Å². The second kappa shape index (κ2) is 3.32. The first-order valence-electron chi connectivity index (χ1n) is 4.06. The van der Waals surface area contributed by atoms with E-state index >= 15 is 0 Å². The van der Waals surface area contributed by atoms with Gasteiger partial charge in [0.15, 0.2) is 0 Å². The molecule has 0 saturated carbocycles. The first-order chi connectivity index (χ1) is 4.59. The fourth-order valence-corrected chi connectivity index (χ4v) is 24.7. The van der Waals surface area contributed by atoms with Gasteiger partial charge >= 0.3 is 77.7 Å². The van der Waals surface area contributed by atoms with Gasteiger partial charge < -0.3 is 0 Å². The number of hydrogen-bond acceptors (Lipinski definition) is 1. The van der Waals surface area contributed by atoms with Crippen molar-refractivity contribution >= 4 is 30.7 Å². The molecule has 0 aromatic rings. The van der Waals surface area contributed by atoms with E-state index in [1.165, 1.54) is 5.75 Å². The Morgan fingerprint density at radius 2 is 1.45 bits per heavy atom. The topological polar surface area (TPSA) is 0 Å². The summed E-state index contributed by atoms with van der Waals surface area (Å²) in [6.45, 7) is 2.30. The van der Waals surface area contributed by atoms with Gasteiger partial charge in [0.05, 0.1) is 0 Å². The Bertz CT molecular complexity index is 138. The fraction of sp³-hybridized carbons (Fsp3) is 1.00. The Morgan fingerprint density at radius 1 is 1.09 bits per heavy atom. The van der Waals surface area contributed by atoms with Gasteiger partial charge in [-0.15, -0.1) is 0 Å². The van der Waals surface area contributed by atoms with Crippen LogP contribution < -0.4 is 0 Å². The summed E-state index contributed by atoms with van der Waals surface area (Å²) in [5.74, 6) is 1.31. The maximum atomic E-state index is 2.60. The monoisotopic (exact) mass is 301 g/mol. The van der Waals surface area contributed by atoms with Gasteiger partial charge in [0.2, 0.25) is 0 Å². The van der Waals surface area contributed by atoms with Crippen LogP contribution in [-0.2, 0) is 0 Å². The molecule has 0 aromatic heterocycles. The van der Waals surface area contributed by atoms with Crippen LogP contribution in [-0.4, -0.2) is 26.5 Å². The second-order valence-corrected chi connectivity index (χ2v) is 64.4. The van der Waals surface area contributed by atoms with Crippen molar-refractivity contribution < 1.29 is 0 Å². The van der Waals surface area contributed by atoms with Gasteiger partial charge in [0.25, 0.3) is 0 Å². The van der Waals surface area contributed by atoms with Crippen LogP contribution in [0.1, 0.15) is 6.92 Å². The van der Waals surface area contributed by atoms with Gasteiger partial charge in [-0.3, -0.25) is 0 Å². The average Bonchev–Trinajstić information content (AvgIpc) is 1.58. The summed E-state index contributed by atoms with van der Waals surface area (Å²) in [6, 6.07) is 0. The third kappa shape index (κ3) is 3.01. The molecule has 0 atom stereocenters. The summed E-state index contributed by atoms with van der Waals surface area (Å²) >= 11 is -1.22. The van der Waals surface area contributed by atoms with E-state index in [4.69, 9.17) is 0 Å². The molecule has 0 nitrogen and oxygen atoms in total. The van der Waals surface area contributed by atoms with Crippen molar-refractivity contribution in [2.75, 3.05) is 5.75 Å². The predicted molar refractivity (Wildman–Crippen MR) is 64.8 cm³/mol. The molecular formula is C8H23As2S. The van der Waals surface area contributed by atoms with Crippen molar-refractivity contribution in [3.8, 4) is 0 Å². The van der Waals surface area contributed by atoms with Crippen LogP contribution in [0, 0.1) is 0 Å². The number of hydrogen-bond donors (Lipinski definition) is 0. The van der Waals surface area contributed by atoms with E-state index in [-0.39, 0.29) is 0 Å². The molecule has 0 heterocycles. The standard InChI is InChI=1S/C8H23As2S/c1-8-11-10(5,6,7)9(2,3)4/h8H2,1-7H3. The van der Waals surface area contributed by atoms with Crippen LogP contribution in [0.2, 0.25) is 34.3 Å². The molecule has 0 aromatic carbocycles. The molecule has 3 heteroatoms. The van der Waals surface area contributed by atoms with Crippen LogP contribution in [0.3, 0.4) is 0 Å². The van der Waals surface area contributed by atoms with Crippen molar-refractivity contribution in [3.63, 3.8) is 0 Å². The average molecular weight is 301 g/mol. The molecule has 71 valence electrons. The summed E-state index contributed by atoms with van der Waals surface area (Å²) in [6.07, 6.45) is 0. The molecule has 0 rings (SSSR count). The molecule has 0 unspecified atom stereocenters. The minimum absolute atomic E-state index is 1.22. The molecule has 0 bridgehead atoms.